The van der Waals surface area contributed by atoms with Crippen LogP contribution in [-0.2, 0) is 4.79 Å². The summed E-state index contributed by atoms with van der Waals surface area (Å²) < 4.78 is 2.94. The zero-order valence-corrected chi connectivity index (χ0v) is 17.4. The number of amides is 1. The minimum atomic E-state index is -0.397. The zero-order valence-electron chi connectivity index (χ0n) is 15.8. The fraction of sp³-hybridized carbons (Fsp3) is 0.200. The van der Waals surface area contributed by atoms with Gasteiger partial charge in [0.15, 0.2) is 10.2 Å². The molecule has 0 saturated heterocycles. The molecule has 142 valence electrons. The molecule has 0 bridgehead atoms. The minimum Gasteiger partial charge on any atom is -0.318 e. The van der Waals surface area contributed by atoms with Crippen molar-refractivity contribution in [1.29, 1.82) is 5.41 Å². The van der Waals surface area contributed by atoms with Crippen LogP contribution in [0, 0.1) is 19.3 Å². The fourth-order valence-corrected chi connectivity index (χ4v) is 5.04. The monoisotopic (exact) mass is 409 g/mol. The van der Waals surface area contributed by atoms with Crippen LogP contribution in [-0.4, -0.2) is 36.6 Å². The molecule has 2 aliphatic heterocycles. The molecular formula is C20H19N5OS2. The molecule has 1 amide bonds. The third-order valence-corrected chi connectivity index (χ3v) is 6.41. The summed E-state index contributed by atoms with van der Waals surface area (Å²) >= 11 is 2.92. The Kier molecular flexibility index (Phi) is 4.99. The lowest BCUT2D eigenvalue weighted by molar-refractivity contribution is -0.114. The topological polar surface area (TPSA) is 73.8 Å². The Morgan fingerprint density at radius 1 is 1.25 bits per heavy atom. The summed E-state index contributed by atoms with van der Waals surface area (Å²) in [5, 5.41) is 14.8. The van der Waals surface area contributed by atoms with Gasteiger partial charge in [-0.25, -0.2) is 0 Å². The van der Waals surface area contributed by atoms with Gasteiger partial charge in [0.1, 0.15) is 0 Å². The van der Waals surface area contributed by atoms with Crippen LogP contribution in [0.15, 0.2) is 52.1 Å². The number of aliphatic imine (C=N–C) groups is 1. The first-order chi connectivity index (χ1) is 13.5. The Morgan fingerprint density at radius 3 is 2.71 bits per heavy atom. The van der Waals surface area contributed by atoms with Crippen LogP contribution in [0.4, 0.5) is 0 Å². The van der Waals surface area contributed by atoms with Crippen molar-refractivity contribution in [2.45, 2.75) is 20.8 Å². The number of benzene rings is 1. The summed E-state index contributed by atoms with van der Waals surface area (Å²) in [5.41, 5.74) is 4.28. The lowest BCUT2D eigenvalue weighted by Crippen LogP contribution is -2.35. The predicted octanol–water partition coefficient (Wildman–Crippen LogP) is 4.42. The summed E-state index contributed by atoms with van der Waals surface area (Å²) in [5.74, 6) is 0.549. The Balaban J connectivity index is 1.73. The Labute approximate surface area is 171 Å². The Hall–Kier alpha value is -2.58. The van der Waals surface area contributed by atoms with Crippen LogP contribution in [0.5, 0.6) is 0 Å². The first-order valence-electron chi connectivity index (χ1n) is 8.87. The Bertz CT molecular complexity index is 1070. The number of carbonyl (C=O) groups is 1. The Morgan fingerprint density at radius 2 is 2.00 bits per heavy atom. The quantitative estimate of drug-likeness (QED) is 0.762. The van der Waals surface area contributed by atoms with Crippen LogP contribution >= 0.6 is 23.5 Å². The normalized spacial score (nSPS) is 17.8. The van der Waals surface area contributed by atoms with E-state index in [1.165, 1.54) is 16.8 Å². The van der Waals surface area contributed by atoms with E-state index >= 15 is 0 Å². The van der Waals surface area contributed by atoms with Gasteiger partial charge < -0.3 is 4.57 Å². The molecule has 8 heteroatoms. The highest BCUT2D eigenvalue weighted by molar-refractivity contribution is 8.45. The van der Waals surface area contributed by atoms with Gasteiger partial charge in [-0.2, -0.15) is 10.0 Å². The molecule has 0 radical (unpaired) electrons. The highest BCUT2D eigenvalue weighted by atomic mass is 32.2. The van der Waals surface area contributed by atoms with Gasteiger partial charge in [0.25, 0.3) is 5.91 Å². The average Bonchev–Trinajstić information content (AvgIpc) is 3.20. The molecule has 6 nitrogen and oxygen atoms in total. The number of nitrogens with one attached hydrogen (secondary N) is 1. The van der Waals surface area contributed by atoms with E-state index in [2.05, 4.69) is 14.7 Å². The van der Waals surface area contributed by atoms with Gasteiger partial charge in [0, 0.05) is 17.1 Å². The number of carbonyl (C=O) groups excluding carboxylic acids is 1. The van der Waals surface area contributed by atoms with E-state index < -0.39 is 5.91 Å². The molecule has 3 heterocycles. The van der Waals surface area contributed by atoms with E-state index in [4.69, 9.17) is 5.41 Å². The smallest absolute Gasteiger partial charge is 0.283 e. The maximum absolute atomic E-state index is 12.6. The van der Waals surface area contributed by atoms with E-state index in [-0.39, 0.29) is 11.4 Å². The largest absolute Gasteiger partial charge is 0.318 e. The van der Waals surface area contributed by atoms with Crippen LogP contribution in [0.3, 0.4) is 0 Å². The van der Waals surface area contributed by atoms with Gasteiger partial charge in [-0.3, -0.25) is 10.2 Å². The summed E-state index contributed by atoms with van der Waals surface area (Å²) in [4.78, 5) is 16.7. The summed E-state index contributed by atoms with van der Waals surface area (Å²) in [6.07, 6.45) is 1.75. The standard InChI is InChI=1S/C20H19N5OS2/c1-4-27-20-23-25-17(21)16(18(26)22-19(25)28-20)11-14-10-12(2)24(13(14)3)15-8-6-5-7-9-15/h5-11,21H,4H2,1-3H3/b16-11-,21-17?. The number of amidine groups is 2. The molecule has 28 heavy (non-hydrogen) atoms. The number of aromatic nitrogens is 1. The SMILES string of the molecule is CCSC1=NN2C(=N)/C(=C/c3cc(C)n(-c4ccccc4)c3C)C(=O)N=C2S1. The number of hydrazone groups is 1. The van der Waals surface area contributed by atoms with Crippen LogP contribution in [0.25, 0.3) is 11.8 Å². The predicted molar refractivity (Wildman–Crippen MR) is 118 cm³/mol. The number of para-hydroxylation sites is 1. The second-order valence-corrected chi connectivity index (χ2v) is 8.78. The molecule has 2 aliphatic rings. The minimum absolute atomic E-state index is 0.0683. The lowest BCUT2D eigenvalue weighted by atomic mass is 10.1. The molecule has 1 aromatic carbocycles. The van der Waals surface area contributed by atoms with Crippen molar-refractivity contribution in [2.75, 3.05) is 5.75 Å². The van der Waals surface area contributed by atoms with Crippen LogP contribution in [0.1, 0.15) is 23.9 Å². The van der Waals surface area contributed by atoms with Crippen LogP contribution < -0.4 is 0 Å². The zero-order chi connectivity index (χ0) is 19.8. The van der Waals surface area contributed by atoms with Gasteiger partial charge >= 0.3 is 0 Å². The molecular weight excluding hydrogens is 390 g/mol. The van der Waals surface area contributed by atoms with Gasteiger partial charge in [-0.05, 0) is 61.2 Å². The molecule has 0 atom stereocenters. The van der Waals surface area contributed by atoms with E-state index in [9.17, 15) is 4.79 Å². The second-order valence-electron chi connectivity index (χ2n) is 6.32. The van der Waals surface area contributed by atoms with E-state index in [1.807, 2.05) is 57.2 Å². The molecule has 0 saturated carbocycles. The van der Waals surface area contributed by atoms with E-state index in [0.29, 0.717) is 5.17 Å². The van der Waals surface area contributed by atoms with Crippen molar-refractivity contribution in [3.8, 4) is 5.69 Å². The van der Waals surface area contributed by atoms with Crippen molar-refractivity contribution in [3.05, 3.63) is 58.9 Å². The number of nitrogens with zero attached hydrogens (tertiary/aromatic N) is 4. The first kappa shape index (κ1) is 18.8. The maximum atomic E-state index is 12.6. The summed E-state index contributed by atoms with van der Waals surface area (Å²) in [6.45, 7) is 6.08. The molecule has 2 aromatic rings. The second kappa shape index (κ2) is 7.44. The van der Waals surface area contributed by atoms with Gasteiger partial charge in [-0.15, -0.1) is 5.10 Å². The summed E-state index contributed by atoms with van der Waals surface area (Å²) in [6, 6.07) is 12.1. The van der Waals surface area contributed by atoms with E-state index in [1.54, 1.807) is 17.8 Å². The number of aryl methyl sites for hydroxylation is 1. The molecule has 1 aromatic heterocycles. The fourth-order valence-electron chi connectivity index (χ4n) is 3.22. The van der Waals surface area contributed by atoms with Crippen LogP contribution in [0.2, 0.25) is 0 Å². The average molecular weight is 410 g/mol. The third kappa shape index (κ3) is 3.22. The van der Waals surface area contributed by atoms with Crippen molar-refractivity contribution in [2.24, 2.45) is 10.1 Å². The molecule has 0 aliphatic carbocycles. The van der Waals surface area contributed by atoms with Crippen molar-refractivity contribution < 1.29 is 4.79 Å². The van der Waals surface area contributed by atoms with Crippen molar-refractivity contribution >= 4 is 50.9 Å². The lowest BCUT2D eigenvalue weighted by Gasteiger charge is -2.20. The molecule has 4 rings (SSSR count). The molecule has 0 fully saturated rings. The van der Waals surface area contributed by atoms with Crippen molar-refractivity contribution in [1.82, 2.24) is 9.58 Å². The molecule has 0 spiro atoms. The van der Waals surface area contributed by atoms with Crippen molar-refractivity contribution in [3.63, 3.8) is 0 Å². The van der Waals surface area contributed by atoms with Gasteiger partial charge in [-0.1, -0.05) is 36.9 Å². The number of hydrogen-bond acceptors (Lipinski definition) is 5. The number of hydrogen-bond donors (Lipinski definition) is 1. The highest BCUT2D eigenvalue weighted by Gasteiger charge is 2.35. The highest BCUT2D eigenvalue weighted by Crippen LogP contribution is 2.33. The number of rotatable bonds is 3. The van der Waals surface area contributed by atoms with Gasteiger partial charge in [0.2, 0.25) is 5.17 Å². The third-order valence-electron chi connectivity index (χ3n) is 4.49. The summed E-state index contributed by atoms with van der Waals surface area (Å²) in [7, 11) is 0. The molecule has 0 unspecified atom stereocenters. The van der Waals surface area contributed by atoms with Gasteiger partial charge in [0.05, 0.1) is 5.57 Å². The maximum Gasteiger partial charge on any atom is 0.283 e. The number of thioether (sulfide) groups is 2. The molecule has 1 N–H and O–H groups in total. The van der Waals surface area contributed by atoms with E-state index in [0.717, 1.165) is 32.8 Å². The first-order valence-corrected chi connectivity index (χ1v) is 10.7. The number of fused-ring (bicyclic) bond motifs is 1.